The fourth-order valence-electron chi connectivity index (χ4n) is 1.71. The van der Waals surface area contributed by atoms with Gasteiger partial charge in [-0.15, -0.1) is 0 Å². The lowest BCUT2D eigenvalue weighted by atomic mass is 10.0. The maximum absolute atomic E-state index is 12.0. The van der Waals surface area contributed by atoms with Crippen molar-refractivity contribution in [3.8, 4) is 0 Å². The van der Waals surface area contributed by atoms with Crippen LogP contribution in [0, 0.1) is 0 Å². The third-order valence-electron chi connectivity index (χ3n) is 3.18. The topological polar surface area (TPSA) is 70.2 Å². The van der Waals surface area contributed by atoms with Crippen molar-refractivity contribution in [3.63, 3.8) is 0 Å². The molecule has 1 heterocycles. The van der Waals surface area contributed by atoms with Crippen LogP contribution >= 0.6 is 0 Å². The molecule has 0 fully saturated rings. The first-order chi connectivity index (χ1) is 8.42. The van der Waals surface area contributed by atoms with E-state index in [1.807, 2.05) is 12.1 Å². The van der Waals surface area contributed by atoms with Crippen molar-refractivity contribution in [2.75, 3.05) is 17.7 Å². The van der Waals surface area contributed by atoms with Crippen LogP contribution in [0.4, 0.5) is 11.4 Å². The Labute approximate surface area is 106 Å². The second-order valence-corrected chi connectivity index (χ2v) is 4.93. The summed E-state index contributed by atoms with van der Waals surface area (Å²) in [4.78, 5) is 23.2. The summed E-state index contributed by atoms with van der Waals surface area (Å²) in [5.41, 5.74) is 1.82. The first-order valence-corrected chi connectivity index (χ1v) is 5.85. The van der Waals surface area contributed by atoms with Crippen LogP contribution in [0.5, 0.6) is 0 Å². The van der Waals surface area contributed by atoms with Crippen molar-refractivity contribution in [1.29, 1.82) is 0 Å². The minimum absolute atomic E-state index is 0.0102. The highest BCUT2D eigenvalue weighted by Crippen LogP contribution is 2.26. The van der Waals surface area contributed by atoms with E-state index in [1.54, 1.807) is 27.0 Å². The predicted octanol–water partition coefficient (Wildman–Crippen LogP) is 1.12. The first kappa shape index (κ1) is 12.6. The largest absolute Gasteiger partial charge is 0.326 e. The number of benzene rings is 1. The molecule has 18 heavy (non-hydrogen) atoms. The number of fused-ring (bicyclic) bond motifs is 1. The van der Waals surface area contributed by atoms with Crippen molar-refractivity contribution in [2.24, 2.45) is 0 Å². The molecule has 5 nitrogen and oxygen atoms in total. The van der Waals surface area contributed by atoms with Gasteiger partial charge in [0, 0.05) is 11.4 Å². The lowest BCUT2D eigenvalue weighted by Crippen LogP contribution is -2.47. The molecule has 3 N–H and O–H groups in total. The van der Waals surface area contributed by atoms with Gasteiger partial charge in [0.25, 0.3) is 0 Å². The van der Waals surface area contributed by atoms with Crippen molar-refractivity contribution >= 4 is 23.2 Å². The standard InChI is InChI=1S/C13H17N3O2/c1-13(2,14-3)12(18)15-9-4-5-10-8(6-9)7-11(17)16-10/h4-6,14H,7H2,1-3H3,(H,15,18)(H,16,17). The van der Waals surface area contributed by atoms with E-state index in [2.05, 4.69) is 16.0 Å². The Balaban J connectivity index is 2.15. The highest BCUT2D eigenvalue weighted by Gasteiger charge is 2.25. The van der Waals surface area contributed by atoms with Crippen molar-refractivity contribution in [2.45, 2.75) is 25.8 Å². The summed E-state index contributed by atoms with van der Waals surface area (Å²) < 4.78 is 0. The van der Waals surface area contributed by atoms with Gasteiger partial charge in [0.2, 0.25) is 11.8 Å². The summed E-state index contributed by atoms with van der Waals surface area (Å²) in [5, 5.41) is 8.53. The summed E-state index contributed by atoms with van der Waals surface area (Å²) in [6.07, 6.45) is 0.370. The van der Waals surface area contributed by atoms with Crippen molar-refractivity contribution < 1.29 is 9.59 Å². The Kier molecular flexibility index (Phi) is 3.09. The summed E-state index contributed by atoms with van der Waals surface area (Å²) in [7, 11) is 1.74. The van der Waals surface area contributed by atoms with Gasteiger partial charge in [-0.05, 0) is 44.7 Å². The van der Waals surface area contributed by atoms with Crippen LogP contribution in [0.1, 0.15) is 19.4 Å². The Morgan fingerprint density at radius 3 is 2.78 bits per heavy atom. The normalized spacial score (nSPS) is 14.1. The van der Waals surface area contributed by atoms with Gasteiger partial charge in [0.05, 0.1) is 12.0 Å². The third kappa shape index (κ3) is 2.36. The highest BCUT2D eigenvalue weighted by atomic mass is 16.2. The summed E-state index contributed by atoms with van der Waals surface area (Å²) >= 11 is 0. The fraction of sp³-hybridized carbons (Fsp3) is 0.385. The van der Waals surface area contributed by atoms with E-state index in [-0.39, 0.29) is 11.8 Å². The van der Waals surface area contributed by atoms with Gasteiger partial charge < -0.3 is 16.0 Å². The van der Waals surface area contributed by atoms with Crippen LogP contribution in [0.15, 0.2) is 18.2 Å². The Hall–Kier alpha value is -1.88. The number of amides is 2. The monoisotopic (exact) mass is 247 g/mol. The Morgan fingerprint density at radius 1 is 1.39 bits per heavy atom. The molecule has 1 aliphatic heterocycles. The maximum Gasteiger partial charge on any atom is 0.244 e. The molecular weight excluding hydrogens is 230 g/mol. The number of likely N-dealkylation sites (N-methyl/N-ethyl adjacent to an activating group) is 1. The van der Waals surface area contributed by atoms with Gasteiger partial charge in [0.15, 0.2) is 0 Å². The fourth-order valence-corrected chi connectivity index (χ4v) is 1.71. The maximum atomic E-state index is 12.0. The average molecular weight is 247 g/mol. The Bertz CT molecular complexity index is 509. The second kappa shape index (κ2) is 4.42. The van der Waals surface area contributed by atoms with E-state index in [9.17, 15) is 9.59 Å². The van der Waals surface area contributed by atoms with Crippen LogP contribution in [0.3, 0.4) is 0 Å². The number of carbonyl (C=O) groups excluding carboxylic acids is 2. The van der Waals surface area contributed by atoms with Crippen LogP contribution in [-0.4, -0.2) is 24.4 Å². The lowest BCUT2D eigenvalue weighted by molar-refractivity contribution is -0.121. The smallest absolute Gasteiger partial charge is 0.244 e. The third-order valence-corrected chi connectivity index (χ3v) is 3.18. The van der Waals surface area contributed by atoms with Crippen LogP contribution in [-0.2, 0) is 16.0 Å². The number of carbonyl (C=O) groups is 2. The van der Waals surface area contributed by atoms with Gasteiger partial charge in [-0.25, -0.2) is 0 Å². The zero-order valence-corrected chi connectivity index (χ0v) is 10.8. The molecular formula is C13H17N3O2. The summed E-state index contributed by atoms with van der Waals surface area (Å²) in [6, 6.07) is 5.42. The van der Waals surface area contributed by atoms with Crippen molar-refractivity contribution in [3.05, 3.63) is 23.8 Å². The minimum Gasteiger partial charge on any atom is -0.326 e. The molecule has 1 aromatic rings. The zero-order chi connectivity index (χ0) is 13.3. The summed E-state index contributed by atoms with van der Waals surface area (Å²) in [5.74, 6) is -0.119. The number of hydrogen-bond acceptors (Lipinski definition) is 3. The molecule has 0 spiro atoms. The van der Waals surface area contributed by atoms with Gasteiger partial charge in [0.1, 0.15) is 0 Å². The number of rotatable bonds is 3. The lowest BCUT2D eigenvalue weighted by Gasteiger charge is -2.22. The zero-order valence-electron chi connectivity index (χ0n) is 10.8. The van der Waals surface area contributed by atoms with Crippen molar-refractivity contribution in [1.82, 2.24) is 5.32 Å². The van der Waals surface area contributed by atoms with Crippen LogP contribution in [0.2, 0.25) is 0 Å². The molecule has 0 aromatic heterocycles. The first-order valence-electron chi connectivity index (χ1n) is 5.85. The van der Waals surface area contributed by atoms with Gasteiger partial charge >= 0.3 is 0 Å². The number of nitrogens with one attached hydrogen (secondary N) is 3. The van der Waals surface area contributed by atoms with E-state index >= 15 is 0 Å². The molecule has 2 rings (SSSR count). The molecule has 0 radical (unpaired) electrons. The van der Waals surface area contributed by atoms with E-state index in [4.69, 9.17) is 0 Å². The van der Waals surface area contributed by atoms with Gasteiger partial charge in [-0.2, -0.15) is 0 Å². The van der Waals surface area contributed by atoms with Gasteiger partial charge in [-0.3, -0.25) is 9.59 Å². The van der Waals surface area contributed by atoms with E-state index in [0.29, 0.717) is 12.1 Å². The second-order valence-electron chi connectivity index (χ2n) is 4.93. The molecule has 0 unspecified atom stereocenters. The molecule has 96 valence electrons. The number of hydrogen-bond donors (Lipinski definition) is 3. The molecule has 1 aromatic carbocycles. The van der Waals surface area contributed by atoms with E-state index < -0.39 is 5.54 Å². The van der Waals surface area contributed by atoms with E-state index in [0.717, 1.165) is 11.3 Å². The van der Waals surface area contributed by atoms with Crippen LogP contribution in [0.25, 0.3) is 0 Å². The Morgan fingerprint density at radius 2 is 2.11 bits per heavy atom. The van der Waals surface area contributed by atoms with E-state index in [1.165, 1.54) is 0 Å². The van der Waals surface area contributed by atoms with Crippen LogP contribution < -0.4 is 16.0 Å². The molecule has 0 aliphatic carbocycles. The average Bonchev–Trinajstić information content (AvgIpc) is 2.68. The molecule has 0 atom stereocenters. The predicted molar refractivity (Wildman–Crippen MR) is 70.5 cm³/mol. The van der Waals surface area contributed by atoms with Gasteiger partial charge in [-0.1, -0.05) is 0 Å². The molecule has 1 aliphatic rings. The molecule has 2 amide bonds. The quantitative estimate of drug-likeness (QED) is 0.749. The molecule has 5 heteroatoms. The SMILES string of the molecule is CNC(C)(C)C(=O)Nc1ccc2c(c1)CC(=O)N2. The highest BCUT2D eigenvalue weighted by molar-refractivity contribution is 6.01. The minimum atomic E-state index is -0.632. The molecule has 0 saturated heterocycles. The molecule has 0 bridgehead atoms. The molecule has 0 saturated carbocycles. The number of anilines is 2. The summed E-state index contributed by atoms with van der Waals surface area (Å²) in [6.45, 7) is 3.61.